The van der Waals surface area contributed by atoms with Crippen molar-refractivity contribution in [2.24, 2.45) is 0 Å². The number of benzene rings is 1. The summed E-state index contributed by atoms with van der Waals surface area (Å²) in [6.07, 6.45) is 1.43. The normalized spacial score (nSPS) is 10.1. The zero-order valence-electron chi connectivity index (χ0n) is 11.1. The van der Waals surface area contributed by atoms with Gasteiger partial charge >= 0.3 is 11.8 Å². The Bertz CT molecular complexity index is 725. The first kappa shape index (κ1) is 15.6. The highest BCUT2D eigenvalue weighted by atomic mass is 35.5. The van der Waals surface area contributed by atoms with Gasteiger partial charge in [-0.2, -0.15) is 0 Å². The van der Waals surface area contributed by atoms with Gasteiger partial charge in [0, 0.05) is 11.9 Å². The summed E-state index contributed by atoms with van der Waals surface area (Å²) in [5.41, 5.74) is 5.96. The smallest absolute Gasteiger partial charge is 0.313 e. The number of halogens is 2. The third kappa shape index (κ3) is 4.13. The van der Waals surface area contributed by atoms with Crippen molar-refractivity contribution < 1.29 is 14.0 Å². The van der Waals surface area contributed by atoms with Gasteiger partial charge in [0.1, 0.15) is 5.82 Å². The molecule has 0 aliphatic carbocycles. The molecular formula is C13H11ClFN5O2. The van der Waals surface area contributed by atoms with Crippen LogP contribution in [-0.4, -0.2) is 21.8 Å². The molecule has 2 aromatic rings. The van der Waals surface area contributed by atoms with E-state index in [0.29, 0.717) is 5.69 Å². The maximum Gasteiger partial charge on any atom is 0.313 e. The van der Waals surface area contributed by atoms with E-state index in [-0.39, 0.29) is 23.2 Å². The van der Waals surface area contributed by atoms with Crippen LogP contribution in [0, 0.1) is 5.82 Å². The number of nitrogens with two attached hydrogens (primary N) is 1. The molecule has 1 aromatic heterocycles. The highest BCUT2D eigenvalue weighted by molar-refractivity contribution is 6.39. The monoisotopic (exact) mass is 323 g/mol. The lowest BCUT2D eigenvalue weighted by atomic mass is 10.3. The minimum Gasteiger partial charge on any atom is -0.368 e. The van der Waals surface area contributed by atoms with Crippen LogP contribution in [-0.2, 0) is 16.1 Å². The SMILES string of the molecule is Nc1nccc(CNC(=O)C(=O)Nc2ccc(Cl)c(F)c2)n1. The zero-order chi connectivity index (χ0) is 16.1. The Balaban J connectivity index is 1.92. The number of amides is 2. The molecule has 0 saturated carbocycles. The van der Waals surface area contributed by atoms with Gasteiger partial charge in [-0.3, -0.25) is 9.59 Å². The standard InChI is InChI=1S/C13H11ClFN5O2/c14-9-2-1-7(5-10(9)15)19-12(22)11(21)18-6-8-3-4-17-13(16)20-8/h1-5H,6H2,(H,18,21)(H,19,22)(H2,16,17,20). The predicted molar refractivity (Wildman–Crippen MR) is 78.3 cm³/mol. The van der Waals surface area contributed by atoms with Gasteiger partial charge in [0.05, 0.1) is 17.3 Å². The van der Waals surface area contributed by atoms with Crippen molar-refractivity contribution in [3.05, 3.63) is 47.0 Å². The molecule has 7 nitrogen and oxygen atoms in total. The van der Waals surface area contributed by atoms with E-state index in [1.807, 2.05) is 0 Å². The van der Waals surface area contributed by atoms with E-state index in [9.17, 15) is 14.0 Å². The first-order valence-corrected chi connectivity index (χ1v) is 6.45. The van der Waals surface area contributed by atoms with Crippen LogP contribution >= 0.6 is 11.6 Å². The Labute approximate surface area is 129 Å². The Morgan fingerprint density at radius 3 is 2.73 bits per heavy atom. The van der Waals surface area contributed by atoms with Crippen molar-refractivity contribution in [1.29, 1.82) is 0 Å². The summed E-state index contributed by atoms with van der Waals surface area (Å²) in [6, 6.07) is 5.21. The molecule has 0 bridgehead atoms. The van der Waals surface area contributed by atoms with Crippen molar-refractivity contribution in [1.82, 2.24) is 15.3 Å². The maximum absolute atomic E-state index is 13.2. The summed E-state index contributed by atoms with van der Waals surface area (Å²) in [4.78, 5) is 30.9. The van der Waals surface area contributed by atoms with Crippen molar-refractivity contribution in [3.63, 3.8) is 0 Å². The van der Waals surface area contributed by atoms with Gasteiger partial charge in [-0.05, 0) is 24.3 Å². The minimum atomic E-state index is -0.941. The number of nitrogens with zero attached hydrogens (tertiary/aromatic N) is 2. The number of hydrogen-bond donors (Lipinski definition) is 3. The molecule has 0 atom stereocenters. The number of anilines is 2. The van der Waals surface area contributed by atoms with Crippen LogP contribution in [0.25, 0.3) is 0 Å². The topological polar surface area (TPSA) is 110 Å². The summed E-state index contributed by atoms with van der Waals surface area (Å²) in [7, 11) is 0. The first-order valence-electron chi connectivity index (χ1n) is 6.07. The average Bonchev–Trinajstić information content (AvgIpc) is 2.48. The fraction of sp³-hybridized carbons (Fsp3) is 0.0769. The highest BCUT2D eigenvalue weighted by Crippen LogP contribution is 2.18. The second-order valence-electron chi connectivity index (χ2n) is 4.17. The molecule has 0 aliphatic rings. The lowest BCUT2D eigenvalue weighted by molar-refractivity contribution is -0.136. The second kappa shape index (κ2) is 6.81. The van der Waals surface area contributed by atoms with Gasteiger partial charge in [-0.15, -0.1) is 0 Å². The first-order chi connectivity index (χ1) is 10.5. The molecule has 22 heavy (non-hydrogen) atoms. The van der Waals surface area contributed by atoms with Crippen molar-refractivity contribution in [2.45, 2.75) is 6.54 Å². The molecule has 2 rings (SSSR count). The van der Waals surface area contributed by atoms with Crippen LogP contribution in [0.2, 0.25) is 5.02 Å². The second-order valence-corrected chi connectivity index (χ2v) is 4.58. The van der Waals surface area contributed by atoms with Crippen LogP contribution < -0.4 is 16.4 Å². The number of rotatable bonds is 3. The number of nitrogens with one attached hydrogen (secondary N) is 2. The third-order valence-electron chi connectivity index (χ3n) is 2.55. The number of carbonyl (C=O) groups excluding carboxylic acids is 2. The number of carbonyl (C=O) groups is 2. The van der Waals surface area contributed by atoms with Crippen LogP contribution in [0.1, 0.15) is 5.69 Å². The summed E-state index contributed by atoms with van der Waals surface area (Å²) in [6.45, 7) is 0.00789. The largest absolute Gasteiger partial charge is 0.368 e. The van der Waals surface area contributed by atoms with Crippen LogP contribution in [0.4, 0.5) is 16.0 Å². The molecule has 1 aromatic carbocycles. The molecule has 0 spiro atoms. The fourth-order valence-electron chi connectivity index (χ4n) is 1.52. The van der Waals surface area contributed by atoms with Gasteiger partial charge in [0.25, 0.3) is 0 Å². The van der Waals surface area contributed by atoms with Gasteiger partial charge in [-0.25, -0.2) is 14.4 Å². The molecule has 0 fully saturated rings. The Hall–Kier alpha value is -2.74. The molecule has 0 radical (unpaired) electrons. The van der Waals surface area contributed by atoms with Gasteiger partial charge in [0.2, 0.25) is 5.95 Å². The Morgan fingerprint density at radius 1 is 1.27 bits per heavy atom. The van der Waals surface area contributed by atoms with Crippen molar-refractivity contribution in [2.75, 3.05) is 11.1 Å². The number of hydrogen-bond acceptors (Lipinski definition) is 5. The van der Waals surface area contributed by atoms with Gasteiger partial charge < -0.3 is 16.4 Å². The number of nitrogen functional groups attached to an aromatic ring is 1. The van der Waals surface area contributed by atoms with Crippen LogP contribution in [0.3, 0.4) is 0 Å². The van der Waals surface area contributed by atoms with Gasteiger partial charge in [-0.1, -0.05) is 11.6 Å². The molecule has 114 valence electrons. The molecule has 4 N–H and O–H groups in total. The van der Waals surface area contributed by atoms with Crippen LogP contribution in [0.5, 0.6) is 0 Å². The van der Waals surface area contributed by atoms with Crippen molar-refractivity contribution in [3.8, 4) is 0 Å². The molecule has 2 amide bonds. The van der Waals surface area contributed by atoms with Crippen molar-refractivity contribution >= 4 is 35.1 Å². The summed E-state index contributed by atoms with van der Waals surface area (Å²) >= 11 is 5.52. The van der Waals surface area contributed by atoms with E-state index >= 15 is 0 Å². The lowest BCUT2D eigenvalue weighted by Gasteiger charge is -2.07. The molecule has 9 heteroatoms. The van der Waals surface area contributed by atoms with E-state index in [2.05, 4.69) is 20.6 Å². The predicted octanol–water partition coefficient (Wildman–Crippen LogP) is 1.11. The van der Waals surface area contributed by atoms with Crippen LogP contribution in [0.15, 0.2) is 30.5 Å². The molecule has 1 heterocycles. The molecule has 0 unspecified atom stereocenters. The fourth-order valence-corrected chi connectivity index (χ4v) is 1.64. The average molecular weight is 324 g/mol. The summed E-state index contributed by atoms with van der Waals surface area (Å²) in [5, 5.41) is 4.53. The minimum absolute atomic E-state index is 0.00789. The molecular weight excluding hydrogens is 313 g/mol. The quantitative estimate of drug-likeness (QED) is 0.733. The Kier molecular flexibility index (Phi) is 4.84. The van der Waals surface area contributed by atoms with E-state index < -0.39 is 17.6 Å². The lowest BCUT2D eigenvalue weighted by Crippen LogP contribution is -2.35. The molecule has 0 saturated heterocycles. The van der Waals surface area contributed by atoms with E-state index in [1.54, 1.807) is 6.07 Å². The third-order valence-corrected chi connectivity index (χ3v) is 2.85. The van der Waals surface area contributed by atoms with Gasteiger partial charge in [0.15, 0.2) is 0 Å². The summed E-state index contributed by atoms with van der Waals surface area (Å²) in [5.74, 6) is -2.47. The van der Waals surface area contributed by atoms with E-state index in [4.69, 9.17) is 17.3 Å². The molecule has 0 aliphatic heterocycles. The Morgan fingerprint density at radius 2 is 2.05 bits per heavy atom. The van der Waals surface area contributed by atoms with E-state index in [1.165, 1.54) is 18.3 Å². The highest BCUT2D eigenvalue weighted by Gasteiger charge is 2.14. The zero-order valence-corrected chi connectivity index (χ0v) is 11.9. The number of aromatic nitrogens is 2. The van der Waals surface area contributed by atoms with E-state index in [0.717, 1.165) is 6.07 Å². The maximum atomic E-state index is 13.2. The summed E-state index contributed by atoms with van der Waals surface area (Å²) < 4.78 is 13.2.